The molecule has 1 N–H and O–H groups in total. The van der Waals surface area contributed by atoms with Gasteiger partial charge in [0.15, 0.2) is 0 Å². The second kappa shape index (κ2) is 11.1. The fraction of sp³-hybridized carbons (Fsp3) is 0.267. The van der Waals surface area contributed by atoms with Crippen LogP contribution in [0.25, 0.3) is 5.76 Å². The Kier molecular flexibility index (Phi) is 7.89. The first kappa shape index (κ1) is 26.3. The predicted molar refractivity (Wildman–Crippen MR) is 147 cm³/mol. The van der Waals surface area contributed by atoms with Gasteiger partial charge >= 0.3 is 0 Å². The van der Waals surface area contributed by atoms with Gasteiger partial charge in [-0.3, -0.25) is 9.59 Å². The number of rotatable bonds is 8. The van der Waals surface area contributed by atoms with Crippen LogP contribution in [0.5, 0.6) is 5.75 Å². The lowest BCUT2D eigenvalue weighted by molar-refractivity contribution is -0.139. The molecule has 0 aromatic heterocycles. The first-order chi connectivity index (χ1) is 17.7. The molecule has 192 valence electrons. The molecule has 1 unspecified atom stereocenters. The van der Waals surface area contributed by atoms with E-state index < -0.39 is 17.7 Å². The van der Waals surface area contributed by atoms with Gasteiger partial charge in [0.2, 0.25) is 0 Å². The lowest BCUT2D eigenvalue weighted by Crippen LogP contribution is -2.31. The number of carbonyl (C=O) groups excluding carboxylic acids is 2. The van der Waals surface area contributed by atoms with Crippen LogP contribution in [0.3, 0.4) is 0 Å². The quantitative estimate of drug-likeness (QED) is 0.232. The van der Waals surface area contributed by atoms with Crippen molar-refractivity contribution in [2.24, 2.45) is 0 Å². The Hall–Kier alpha value is -3.77. The molecule has 1 heterocycles. The van der Waals surface area contributed by atoms with Crippen molar-refractivity contribution in [3.63, 3.8) is 0 Å². The highest BCUT2D eigenvalue weighted by Gasteiger charge is 2.45. The topological polar surface area (TPSA) is 70.1 Å². The summed E-state index contributed by atoms with van der Waals surface area (Å²) in [7, 11) is 3.89. The zero-order chi connectivity index (χ0) is 26.7. The monoisotopic (exact) mass is 518 g/mol. The van der Waals surface area contributed by atoms with Crippen molar-refractivity contribution in [1.82, 2.24) is 4.90 Å². The third-order valence-electron chi connectivity index (χ3n) is 6.57. The van der Waals surface area contributed by atoms with E-state index in [0.29, 0.717) is 35.9 Å². The zero-order valence-corrected chi connectivity index (χ0v) is 22.2. The number of Topliss-reactive ketones (excluding diaryl/α,β-unsaturated/α-hetero) is 1. The molecule has 1 aliphatic rings. The molecule has 0 saturated carbocycles. The Bertz CT molecular complexity index is 1330. The highest BCUT2D eigenvalue weighted by atomic mass is 35.5. The fourth-order valence-corrected chi connectivity index (χ4v) is 4.71. The third kappa shape index (κ3) is 5.49. The van der Waals surface area contributed by atoms with E-state index in [4.69, 9.17) is 16.3 Å². The summed E-state index contributed by atoms with van der Waals surface area (Å²) >= 11 is 6.02. The van der Waals surface area contributed by atoms with E-state index in [1.165, 1.54) is 0 Å². The first-order valence-electron chi connectivity index (χ1n) is 12.2. The normalized spacial score (nSPS) is 16.8. The SMILES string of the molecule is CCOc1ccc(/C(O)=C2/C(=O)C(=O)N(CCc3ccc(Cl)cc3)C2c2ccc(N(C)C)cc2)cc1C. The number of ketones is 1. The number of nitrogens with zero attached hydrogens (tertiary/aromatic N) is 2. The van der Waals surface area contributed by atoms with Gasteiger partial charge in [-0.25, -0.2) is 0 Å². The van der Waals surface area contributed by atoms with E-state index in [2.05, 4.69) is 0 Å². The van der Waals surface area contributed by atoms with E-state index in [9.17, 15) is 14.7 Å². The third-order valence-corrected chi connectivity index (χ3v) is 6.82. The molecule has 0 aliphatic carbocycles. The maximum atomic E-state index is 13.3. The number of aliphatic hydroxyl groups excluding tert-OH is 1. The number of ether oxygens (including phenoxy) is 1. The minimum absolute atomic E-state index is 0.0854. The van der Waals surface area contributed by atoms with Gasteiger partial charge < -0.3 is 19.6 Å². The zero-order valence-electron chi connectivity index (χ0n) is 21.5. The van der Waals surface area contributed by atoms with Crippen LogP contribution in [0, 0.1) is 6.92 Å². The van der Waals surface area contributed by atoms with Gasteiger partial charge in [-0.1, -0.05) is 35.9 Å². The number of anilines is 1. The summed E-state index contributed by atoms with van der Waals surface area (Å²) in [5.41, 5.74) is 4.12. The molecule has 1 atom stereocenters. The highest BCUT2D eigenvalue weighted by Crippen LogP contribution is 2.40. The molecular formula is C30H31ClN2O4. The van der Waals surface area contributed by atoms with Crippen LogP contribution >= 0.6 is 11.6 Å². The Morgan fingerprint density at radius 3 is 2.30 bits per heavy atom. The standard InChI is InChI=1S/C30H31ClN2O4/c1-5-37-25-15-10-22(18-19(25)2)28(34)26-27(21-8-13-24(14-9-21)32(3)4)33(30(36)29(26)35)17-16-20-6-11-23(31)12-7-20/h6-15,18,27,34H,5,16-17H2,1-4H3/b28-26-. The van der Waals surface area contributed by atoms with Crippen LogP contribution in [0.1, 0.15) is 35.2 Å². The van der Waals surface area contributed by atoms with Gasteiger partial charge in [0, 0.05) is 36.9 Å². The second-order valence-corrected chi connectivity index (χ2v) is 9.70. The summed E-state index contributed by atoms with van der Waals surface area (Å²) in [5.74, 6) is -0.805. The lowest BCUT2D eigenvalue weighted by atomic mass is 9.94. The predicted octanol–water partition coefficient (Wildman–Crippen LogP) is 5.78. The lowest BCUT2D eigenvalue weighted by Gasteiger charge is -2.26. The number of halogens is 1. The summed E-state index contributed by atoms with van der Waals surface area (Å²) in [6.07, 6.45) is 0.540. The minimum Gasteiger partial charge on any atom is -0.507 e. The fourth-order valence-electron chi connectivity index (χ4n) is 4.58. The van der Waals surface area contributed by atoms with Crippen molar-refractivity contribution >= 4 is 34.7 Å². The molecule has 1 amide bonds. The molecule has 6 nitrogen and oxygen atoms in total. The Balaban J connectivity index is 1.77. The molecule has 3 aromatic rings. The van der Waals surface area contributed by atoms with Gasteiger partial charge in [-0.15, -0.1) is 0 Å². The van der Waals surface area contributed by atoms with Crippen LogP contribution in [0.4, 0.5) is 5.69 Å². The molecule has 4 rings (SSSR count). The maximum Gasteiger partial charge on any atom is 0.295 e. The van der Waals surface area contributed by atoms with Crippen molar-refractivity contribution in [3.05, 3.63) is 99.6 Å². The summed E-state index contributed by atoms with van der Waals surface area (Å²) in [5, 5.41) is 12.0. The largest absolute Gasteiger partial charge is 0.507 e. The van der Waals surface area contributed by atoms with Gasteiger partial charge in [-0.2, -0.15) is 0 Å². The van der Waals surface area contributed by atoms with Crippen molar-refractivity contribution in [1.29, 1.82) is 0 Å². The van der Waals surface area contributed by atoms with Crippen LogP contribution < -0.4 is 9.64 Å². The number of benzene rings is 3. The van der Waals surface area contributed by atoms with Gasteiger partial charge in [0.1, 0.15) is 11.5 Å². The number of carbonyl (C=O) groups is 2. The van der Waals surface area contributed by atoms with Gasteiger partial charge in [0.25, 0.3) is 11.7 Å². The molecule has 37 heavy (non-hydrogen) atoms. The summed E-state index contributed by atoms with van der Waals surface area (Å²) < 4.78 is 5.62. The molecule has 0 radical (unpaired) electrons. The van der Waals surface area contributed by atoms with E-state index in [-0.39, 0.29) is 11.3 Å². The first-order valence-corrected chi connectivity index (χ1v) is 12.6. The smallest absolute Gasteiger partial charge is 0.295 e. The number of likely N-dealkylation sites (tertiary alicyclic amines) is 1. The molecule has 0 bridgehead atoms. The number of amides is 1. The Labute approximate surface area is 222 Å². The second-order valence-electron chi connectivity index (χ2n) is 9.27. The summed E-state index contributed by atoms with van der Waals surface area (Å²) in [6, 6.07) is 19.6. The van der Waals surface area contributed by atoms with Crippen molar-refractivity contribution in [2.75, 3.05) is 32.1 Å². The molecular weight excluding hydrogens is 488 g/mol. The van der Waals surface area contributed by atoms with E-state index in [1.54, 1.807) is 35.2 Å². The van der Waals surface area contributed by atoms with Gasteiger partial charge in [0.05, 0.1) is 18.2 Å². The molecule has 1 saturated heterocycles. The van der Waals surface area contributed by atoms with Crippen molar-refractivity contribution in [3.8, 4) is 5.75 Å². The average Bonchev–Trinajstić information content (AvgIpc) is 3.14. The average molecular weight is 519 g/mol. The summed E-state index contributed by atoms with van der Waals surface area (Å²) in [6.45, 7) is 4.61. The Morgan fingerprint density at radius 1 is 1.03 bits per heavy atom. The van der Waals surface area contributed by atoms with Crippen LogP contribution in [-0.2, 0) is 16.0 Å². The number of hydrogen-bond donors (Lipinski definition) is 1. The van der Waals surface area contributed by atoms with E-state index in [1.807, 2.05) is 69.2 Å². The minimum atomic E-state index is -0.713. The summed E-state index contributed by atoms with van der Waals surface area (Å²) in [4.78, 5) is 30.1. The van der Waals surface area contributed by atoms with E-state index in [0.717, 1.165) is 22.4 Å². The van der Waals surface area contributed by atoms with Crippen LogP contribution in [0.15, 0.2) is 72.3 Å². The highest BCUT2D eigenvalue weighted by molar-refractivity contribution is 6.46. The molecule has 7 heteroatoms. The number of hydrogen-bond acceptors (Lipinski definition) is 5. The van der Waals surface area contributed by atoms with Crippen molar-refractivity contribution in [2.45, 2.75) is 26.3 Å². The maximum absolute atomic E-state index is 13.3. The van der Waals surface area contributed by atoms with Crippen molar-refractivity contribution < 1.29 is 19.4 Å². The van der Waals surface area contributed by atoms with Gasteiger partial charge in [-0.05, 0) is 79.4 Å². The number of aliphatic hydroxyl groups is 1. The molecule has 0 spiro atoms. The molecule has 3 aromatic carbocycles. The molecule has 1 fully saturated rings. The van der Waals surface area contributed by atoms with Crippen LogP contribution in [-0.4, -0.2) is 48.9 Å². The number of aryl methyl sites for hydroxylation is 1. The van der Waals surface area contributed by atoms with Crippen LogP contribution in [0.2, 0.25) is 5.02 Å². The molecule has 1 aliphatic heterocycles. The van der Waals surface area contributed by atoms with E-state index >= 15 is 0 Å². The Morgan fingerprint density at radius 2 is 1.70 bits per heavy atom.